The topological polar surface area (TPSA) is 86.5 Å². The molecule has 6 nitrogen and oxygen atoms in total. The summed E-state index contributed by atoms with van der Waals surface area (Å²) in [6, 6.07) is 11.6. The predicted octanol–water partition coefficient (Wildman–Crippen LogP) is 3.58. The Balaban J connectivity index is 2.04. The summed E-state index contributed by atoms with van der Waals surface area (Å²) in [5.74, 6) is 0. The average molecular weight is 356 g/mol. The van der Waals surface area contributed by atoms with Gasteiger partial charge in [-0.1, -0.05) is 23.7 Å². The summed E-state index contributed by atoms with van der Waals surface area (Å²) in [5.41, 5.74) is 0.727. The Kier molecular flexibility index (Phi) is 5.35. The summed E-state index contributed by atoms with van der Waals surface area (Å²) in [5, 5.41) is 11.0. The second kappa shape index (κ2) is 7.08. The highest BCUT2D eigenvalue weighted by molar-refractivity contribution is 7.86. The van der Waals surface area contributed by atoms with Gasteiger partial charge in [-0.15, -0.1) is 0 Å². The molecule has 2 rings (SSSR count). The van der Waals surface area contributed by atoms with Crippen LogP contribution >= 0.6 is 11.6 Å². The van der Waals surface area contributed by atoms with E-state index in [1.54, 1.807) is 19.1 Å². The van der Waals surface area contributed by atoms with Gasteiger partial charge in [0.05, 0.1) is 15.9 Å². The van der Waals surface area contributed by atoms with Crippen LogP contribution in [-0.4, -0.2) is 19.4 Å². The maximum absolute atomic E-state index is 12.1. The minimum absolute atomic E-state index is 0.0175. The van der Waals surface area contributed by atoms with Gasteiger partial charge in [0.2, 0.25) is 0 Å². The van der Waals surface area contributed by atoms with Gasteiger partial charge in [0.1, 0.15) is 0 Å². The first-order chi connectivity index (χ1) is 10.8. The molecule has 0 fully saturated rings. The lowest BCUT2D eigenvalue weighted by atomic mass is 10.1. The quantitative estimate of drug-likeness (QED) is 0.449. The number of hydrogen-bond donors (Lipinski definition) is 0. The maximum atomic E-state index is 12.1. The minimum atomic E-state index is -3.88. The van der Waals surface area contributed by atoms with Crippen molar-refractivity contribution in [3.8, 4) is 0 Å². The number of halogens is 1. The third-order valence-corrected chi connectivity index (χ3v) is 4.75. The molecular weight excluding hydrogens is 342 g/mol. The Morgan fingerprint density at radius 2 is 1.70 bits per heavy atom. The average Bonchev–Trinajstić information content (AvgIpc) is 2.47. The van der Waals surface area contributed by atoms with Gasteiger partial charge in [0.15, 0.2) is 0 Å². The molecule has 0 aliphatic heterocycles. The molecule has 122 valence electrons. The highest BCUT2D eigenvalue weighted by atomic mass is 35.5. The predicted molar refractivity (Wildman–Crippen MR) is 86.0 cm³/mol. The van der Waals surface area contributed by atoms with Crippen LogP contribution in [0.4, 0.5) is 5.69 Å². The molecule has 0 aromatic heterocycles. The van der Waals surface area contributed by atoms with Crippen LogP contribution in [0.3, 0.4) is 0 Å². The minimum Gasteiger partial charge on any atom is -0.263 e. The van der Waals surface area contributed by atoms with E-state index in [1.807, 2.05) is 0 Å². The summed E-state index contributed by atoms with van der Waals surface area (Å²) >= 11 is 5.73. The van der Waals surface area contributed by atoms with E-state index in [4.69, 9.17) is 15.8 Å². The van der Waals surface area contributed by atoms with Crippen molar-refractivity contribution in [2.75, 3.05) is 0 Å². The fourth-order valence-electron chi connectivity index (χ4n) is 1.99. The molecule has 0 radical (unpaired) electrons. The zero-order valence-corrected chi connectivity index (χ0v) is 13.8. The van der Waals surface area contributed by atoms with Crippen LogP contribution in [0, 0.1) is 10.1 Å². The van der Waals surface area contributed by atoms with Crippen molar-refractivity contribution in [1.29, 1.82) is 0 Å². The summed E-state index contributed by atoms with van der Waals surface area (Å²) in [4.78, 5) is 10.1. The number of hydrogen-bond acceptors (Lipinski definition) is 5. The molecule has 0 heterocycles. The SMILES string of the molecule is CC(Cc1ccc([N+](=O)[O-])cc1)OS(=O)(=O)c1ccc(Cl)cc1. The Labute approximate surface area is 138 Å². The van der Waals surface area contributed by atoms with Gasteiger partial charge in [-0.2, -0.15) is 8.42 Å². The van der Waals surface area contributed by atoms with E-state index < -0.39 is 21.1 Å². The van der Waals surface area contributed by atoms with Crippen molar-refractivity contribution in [2.45, 2.75) is 24.3 Å². The number of nitrogens with zero attached hydrogens (tertiary/aromatic N) is 1. The van der Waals surface area contributed by atoms with Crippen molar-refractivity contribution < 1.29 is 17.5 Å². The van der Waals surface area contributed by atoms with E-state index in [-0.39, 0.29) is 10.6 Å². The first kappa shape index (κ1) is 17.4. The van der Waals surface area contributed by atoms with Gasteiger partial charge in [-0.3, -0.25) is 14.3 Å². The summed E-state index contributed by atoms with van der Waals surface area (Å²) in [7, 11) is -3.88. The second-order valence-electron chi connectivity index (χ2n) is 4.94. The van der Waals surface area contributed by atoms with Crippen molar-refractivity contribution in [3.63, 3.8) is 0 Å². The summed E-state index contributed by atoms with van der Waals surface area (Å²) in [6.07, 6.45) is -0.303. The van der Waals surface area contributed by atoms with E-state index in [1.165, 1.54) is 36.4 Å². The smallest absolute Gasteiger partial charge is 0.263 e. The molecule has 0 amide bonds. The van der Waals surface area contributed by atoms with Gasteiger partial charge in [0.25, 0.3) is 15.8 Å². The standard InChI is InChI=1S/C15H14ClNO5S/c1-11(10-12-2-6-14(7-3-12)17(18)19)22-23(20,21)15-8-4-13(16)5-9-15/h2-9,11H,10H2,1H3. The number of non-ortho nitro benzene ring substituents is 1. The molecule has 0 saturated heterocycles. The van der Waals surface area contributed by atoms with Crippen LogP contribution in [0.15, 0.2) is 53.4 Å². The number of rotatable bonds is 6. The molecule has 0 spiro atoms. The fourth-order valence-corrected chi connectivity index (χ4v) is 3.20. The highest BCUT2D eigenvalue weighted by Crippen LogP contribution is 2.19. The van der Waals surface area contributed by atoms with E-state index in [2.05, 4.69) is 0 Å². The Morgan fingerprint density at radius 1 is 1.13 bits per heavy atom. The van der Waals surface area contributed by atoms with Gasteiger partial charge in [-0.05, 0) is 43.2 Å². The number of nitro groups is 1. The molecule has 0 aliphatic carbocycles. The molecule has 1 atom stereocenters. The third-order valence-electron chi connectivity index (χ3n) is 3.06. The second-order valence-corrected chi connectivity index (χ2v) is 6.95. The molecular formula is C15H14ClNO5S. The fraction of sp³-hybridized carbons (Fsp3) is 0.200. The molecule has 2 aromatic rings. The monoisotopic (exact) mass is 355 g/mol. The lowest BCUT2D eigenvalue weighted by molar-refractivity contribution is -0.384. The van der Waals surface area contributed by atoms with E-state index >= 15 is 0 Å². The molecule has 0 bridgehead atoms. The molecule has 0 aliphatic rings. The highest BCUT2D eigenvalue weighted by Gasteiger charge is 2.19. The summed E-state index contributed by atoms with van der Waals surface area (Å²) < 4.78 is 29.4. The first-order valence-corrected chi connectivity index (χ1v) is 8.49. The van der Waals surface area contributed by atoms with Crippen LogP contribution < -0.4 is 0 Å². The van der Waals surface area contributed by atoms with Crippen LogP contribution in [-0.2, 0) is 20.7 Å². The Hall–Kier alpha value is -1.96. The van der Waals surface area contributed by atoms with Crippen LogP contribution in [0.1, 0.15) is 12.5 Å². The molecule has 1 unspecified atom stereocenters. The lowest BCUT2D eigenvalue weighted by Gasteiger charge is -2.13. The van der Waals surface area contributed by atoms with Gasteiger partial charge >= 0.3 is 0 Å². The zero-order chi connectivity index (χ0) is 17.0. The van der Waals surface area contributed by atoms with Crippen molar-refractivity contribution in [1.82, 2.24) is 0 Å². The van der Waals surface area contributed by atoms with Gasteiger partial charge < -0.3 is 0 Å². The van der Waals surface area contributed by atoms with Crippen molar-refractivity contribution in [3.05, 3.63) is 69.2 Å². The summed E-state index contributed by atoms with van der Waals surface area (Å²) in [6.45, 7) is 1.62. The normalized spacial score (nSPS) is 12.8. The van der Waals surface area contributed by atoms with Gasteiger partial charge in [0, 0.05) is 17.2 Å². The molecule has 23 heavy (non-hydrogen) atoms. The Bertz CT molecular complexity index is 788. The zero-order valence-electron chi connectivity index (χ0n) is 12.2. The molecule has 2 aromatic carbocycles. The van der Waals surface area contributed by atoms with E-state index in [9.17, 15) is 18.5 Å². The number of benzene rings is 2. The largest absolute Gasteiger partial charge is 0.297 e. The molecule has 0 N–H and O–H groups in total. The lowest BCUT2D eigenvalue weighted by Crippen LogP contribution is -2.17. The number of nitro benzene ring substituents is 1. The van der Waals surface area contributed by atoms with E-state index in [0.29, 0.717) is 11.4 Å². The molecule has 8 heteroatoms. The van der Waals surface area contributed by atoms with Crippen LogP contribution in [0.25, 0.3) is 0 Å². The van der Waals surface area contributed by atoms with Crippen LogP contribution in [0.2, 0.25) is 5.02 Å². The first-order valence-electron chi connectivity index (χ1n) is 6.70. The van der Waals surface area contributed by atoms with Crippen molar-refractivity contribution >= 4 is 27.4 Å². The third kappa shape index (κ3) is 4.75. The van der Waals surface area contributed by atoms with Crippen molar-refractivity contribution in [2.24, 2.45) is 0 Å². The van der Waals surface area contributed by atoms with Crippen LogP contribution in [0.5, 0.6) is 0 Å². The van der Waals surface area contributed by atoms with E-state index in [0.717, 1.165) is 5.56 Å². The van der Waals surface area contributed by atoms with Gasteiger partial charge in [-0.25, -0.2) is 0 Å². The Morgan fingerprint density at radius 3 is 2.22 bits per heavy atom. The maximum Gasteiger partial charge on any atom is 0.297 e. The molecule has 0 saturated carbocycles.